The van der Waals surface area contributed by atoms with Crippen molar-refractivity contribution in [2.24, 2.45) is 0 Å². The minimum atomic E-state index is -3.82. The Hall–Kier alpha value is -4.20. The van der Waals surface area contributed by atoms with Crippen LogP contribution in [0.3, 0.4) is 0 Å². The summed E-state index contributed by atoms with van der Waals surface area (Å²) in [6.07, 6.45) is 1.49. The predicted molar refractivity (Wildman–Crippen MR) is 145 cm³/mol. The number of anilines is 2. The Morgan fingerprint density at radius 3 is 2.38 bits per heavy atom. The molecule has 0 saturated carbocycles. The highest BCUT2D eigenvalue weighted by molar-refractivity contribution is 8.00. The van der Waals surface area contributed by atoms with Crippen LogP contribution in [0.2, 0.25) is 0 Å². The number of amides is 1. The third-order valence-electron chi connectivity index (χ3n) is 5.32. The number of aryl methyl sites for hydroxylation is 1. The number of rotatable bonds is 8. The van der Waals surface area contributed by atoms with Crippen molar-refractivity contribution in [3.63, 3.8) is 0 Å². The SMILES string of the molecule is Cc1ccc(-c2ccc(C#N)c(SC(C)C(=O)Nc3ccc(S(=O)(=O)Nc4ccccn4)cc3)n2)cc1. The molecule has 2 aromatic carbocycles. The summed E-state index contributed by atoms with van der Waals surface area (Å²) in [4.78, 5) is 21.5. The van der Waals surface area contributed by atoms with E-state index in [-0.39, 0.29) is 16.6 Å². The van der Waals surface area contributed by atoms with Crippen LogP contribution in [0.4, 0.5) is 11.5 Å². The van der Waals surface area contributed by atoms with Gasteiger partial charge in [0, 0.05) is 17.4 Å². The lowest BCUT2D eigenvalue weighted by molar-refractivity contribution is -0.115. The van der Waals surface area contributed by atoms with E-state index in [4.69, 9.17) is 0 Å². The summed E-state index contributed by atoms with van der Waals surface area (Å²) >= 11 is 1.18. The van der Waals surface area contributed by atoms with Gasteiger partial charge in [-0.3, -0.25) is 9.52 Å². The fourth-order valence-corrected chi connectivity index (χ4v) is 5.20. The summed E-state index contributed by atoms with van der Waals surface area (Å²) in [6.45, 7) is 3.72. The zero-order chi connectivity index (χ0) is 26.4. The molecule has 0 saturated heterocycles. The van der Waals surface area contributed by atoms with Gasteiger partial charge in [-0.25, -0.2) is 18.4 Å². The summed E-state index contributed by atoms with van der Waals surface area (Å²) in [6, 6.07) is 24.3. The first-order valence-corrected chi connectivity index (χ1v) is 13.6. The molecule has 2 aromatic heterocycles. The first-order valence-electron chi connectivity index (χ1n) is 11.2. The van der Waals surface area contributed by atoms with Crippen molar-refractivity contribution >= 4 is 39.2 Å². The normalized spacial score (nSPS) is 11.8. The maximum absolute atomic E-state index is 12.9. The zero-order valence-electron chi connectivity index (χ0n) is 20.0. The predicted octanol–water partition coefficient (Wildman–Crippen LogP) is 5.24. The van der Waals surface area contributed by atoms with Gasteiger partial charge in [0.15, 0.2) is 0 Å². The maximum Gasteiger partial charge on any atom is 0.263 e. The lowest BCUT2D eigenvalue weighted by Gasteiger charge is -2.14. The lowest BCUT2D eigenvalue weighted by Crippen LogP contribution is -2.22. The number of pyridine rings is 2. The van der Waals surface area contributed by atoms with Gasteiger partial charge >= 0.3 is 0 Å². The number of sulfonamides is 1. The first kappa shape index (κ1) is 25.9. The van der Waals surface area contributed by atoms with E-state index in [1.807, 2.05) is 31.2 Å². The molecule has 1 amide bonds. The largest absolute Gasteiger partial charge is 0.325 e. The molecule has 0 aliphatic carbocycles. The summed E-state index contributed by atoms with van der Waals surface area (Å²) in [5.41, 5.74) is 3.59. The number of hydrogen-bond donors (Lipinski definition) is 2. The van der Waals surface area contributed by atoms with Crippen LogP contribution in [0.1, 0.15) is 18.1 Å². The van der Waals surface area contributed by atoms with Crippen LogP contribution in [0, 0.1) is 18.3 Å². The molecule has 1 unspecified atom stereocenters. The Morgan fingerprint density at radius 2 is 1.73 bits per heavy atom. The first-order chi connectivity index (χ1) is 17.7. The Labute approximate surface area is 219 Å². The average molecular weight is 530 g/mol. The van der Waals surface area contributed by atoms with E-state index < -0.39 is 15.3 Å². The van der Waals surface area contributed by atoms with E-state index in [1.165, 1.54) is 42.2 Å². The molecule has 2 heterocycles. The molecular formula is C27H23N5O3S2. The van der Waals surface area contributed by atoms with Crippen LogP contribution in [-0.4, -0.2) is 29.5 Å². The third-order valence-corrected chi connectivity index (χ3v) is 7.79. The number of carbonyl (C=O) groups is 1. The number of benzene rings is 2. The molecule has 0 bridgehead atoms. The summed E-state index contributed by atoms with van der Waals surface area (Å²) in [5, 5.41) is 12.2. The van der Waals surface area contributed by atoms with Crippen molar-refractivity contribution in [2.45, 2.75) is 29.0 Å². The van der Waals surface area contributed by atoms with E-state index >= 15 is 0 Å². The molecule has 0 fully saturated rings. The van der Waals surface area contributed by atoms with Crippen molar-refractivity contribution < 1.29 is 13.2 Å². The second-order valence-corrected chi connectivity index (χ2v) is 11.1. The zero-order valence-corrected chi connectivity index (χ0v) is 21.7. The lowest BCUT2D eigenvalue weighted by atomic mass is 10.1. The van der Waals surface area contributed by atoms with E-state index in [0.29, 0.717) is 22.0 Å². The molecule has 0 aliphatic heterocycles. The molecule has 2 N–H and O–H groups in total. The summed E-state index contributed by atoms with van der Waals surface area (Å²) in [5.74, 6) is -0.0961. The summed E-state index contributed by atoms with van der Waals surface area (Å²) < 4.78 is 27.6. The fraction of sp³-hybridized carbons (Fsp3) is 0.111. The van der Waals surface area contributed by atoms with E-state index in [9.17, 15) is 18.5 Å². The highest BCUT2D eigenvalue weighted by atomic mass is 32.2. The highest BCUT2D eigenvalue weighted by Crippen LogP contribution is 2.29. The second-order valence-electron chi connectivity index (χ2n) is 8.12. The Morgan fingerprint density at radius 1 is 1.00 bits per heavy atom. The topological polar surface area (TPSA) is 125 Å². The number of nitriles is 1. The van der Waals surface area contributed by atoms with Gasteiger partial charge in [0.1, 0.15) is 16.9 Å². The molecular weight excluding hydrogens is 506 g/mol. The highest BCUT2D eigenvalue weighted by Gasteiger charge is 2.19. The number of thioether (sulfide) groups is 1. The number of nitrogens with zero attached hydrogens (tertiary/aromatic N) is 3. The molecule has 4 rings (SSSR count). The van der Waals surface area contributed by atoms with Gasteiger partial charge in [0.25, 0.3) is 10.0 Å². The van der Waals surface area contributed by atoms with Gasteiger partial charge in [-0.2, -0.15) is 5.26 Å². The molecule has 10 heteroatoms. The van der Waals surface area contributed by atoms with Gasteiger partial charge in [-0.1, -0.05) is 47.7 Å². The van der Waals surface area contributed by atoms with Gasteiger partial charge in [-0.05, 0) is 62.4 Å². The van der Waals surface area contributed by atoms with Crippen LogP contribution < -0.4 is 10.0 Å². The Balaban J connectivity index is 1.44. The molecule has 37 heavy (non-hydrogen) atoms. The smallest absolute Gasteiger partial charge is 0.263 e. The van der Waals surface area contributed by atoms with Crippen molar-refractivity contribution in [3.8, 4) is 17.3 Å². The van der Waals surface area contributed by atoms with Crippen LogP contribution in [0.5, 0.6) is 0 Å². The number of hydrogen-bond acceptors (Lipinski definition) is 7. The standard InChI is InChI=1S/C27H23N5O3S2/c1-18-6-8-20(9-7-18)24-15-10-21(17-28)27(31-24)36-19(2)26(33)30-22-11-13-23(14-12-22)37(34,35)32-25-5-3-4-16-29-25/h3-16,19H,1-2H3,(H,29,32)(H,30,33). The van der Waals surface area contributed by atoms with Crippen LogP contribution in [0.15, 0.2) is 95.0 Å². The molecule has 1 atom stereocenters. The molecule has 8 nitrogen and oxygen atoms in total. The van der Waals surface area contributed by atoms with Gasteiger partial charge in [0.05, 0.1) is 21.4 Å². The Kier molecular flexibility index (Phi) is 7.86. The van der Waals surface area contributed by atoms with E-state index in [2.05, 4.69) is 26.1 Å². The van der Waals surface area contributed by atoms with Crippen molar-refractivity contribution in [1.29, 1.82) is 5.26 Å². The average Bonchev–Trinajstić information content (AvgIpc) is 2.89. The second kappa shape index (κ2) is 11.2. The quantitative estimate of drug-likeness (QED) is 0.299. The van der Waals surface area contributed by atoms with Crippen molar-refractivity contribution in [1.82, 2.24) is 9.97 Å². The van der Waals surface area contributed by atoms with Crippen LogP contribution >= 0.6 is 11.8 Å². The summed E-state index contributed by atoms with van der Waals surface area (Å²) in [7, 11) is -3.82. The fourth-order valence-electron chi connectivity index (χ4n) is 3.30. The number of carbonyl (C=O) groups excluding carboxylic acids is 1. The number of aromatic nitrogens is 2. The molecule has 4 aromatic rings. The van der Waals surface area contributed by atoms with Gasteiger partial charge in [-0.15, -0.1) is 0 Å². The third kappa shape index (κ3) is 6.52. The Bertz CT molecular complexity index is 1550. The molecule has 0 aliphatic rings. The van der Waals surface area contributed by atoms with Gasteiger partial charge < -0.3 is 5.32 Å². The van der Waals surface area contributed by atoms with E-state index in [1.54, 1.807) is 37.3 Å². The van der Waals surface area contributed by atoms with Gasteiger partial charge in [0.2, 0.25) is 5.91 Å². The minimum Gasteiger partial charge on any atom is -0.325 e. The molecule has 0 radical (unpaired) electrons. The van der Waals surface area contributed by atoms with E-state index in [0.717, 1.165) is 11.1 Å². The monoisotopic (exact) mass is 529 g/mol. The molecule has 186 valence electrons. The number of nitrogens with one attached hydrogen (secondary N) is 2. The minimum absolute atomic E-state index is 0.0364. The van der Waals surface area contributed by atoms with Crippen LogP contribution in [0.25, 0.3) is 11.3 Å². The van der Waals surface area contributed by atoms with Crippen molar-refractivity contribution in [2.75, 3.05) is 10.0 Å². The van der Waals surface area contributed by atoms with Crippen LogP contribution in [-0.2, 0) is 14.8 Å². The van der Waals surface area contributed by atoms with Crippen molar-refractivity contribution in [3.05, 3.63) is 96.2 Å². The maximum atomic E-state index is 12.9. The molecule has 0 spiro atoms.